The molecule has 5 rings (SSSR count). The molecule has 0 spiro atoms. The first-order chi connectivity index (χ1) is 18.3. The maximum absolute atomic E-state index is 12.9. The van der Waals surface area contributed by atoms with E-state index in [0.717, 1.165) is 11.1 Å². The fourth-order valence-corrected chi connectivity index (χ4v) is 4.49. The number of nitro groups is 1. The van der Waals surface area contributed by atoms with Gasteiger partial charge in [-0.3, -0.25) is 20.2 Å². The van der Waals surface area contributed by atoms with Crippen molar-refractivity contribution in [1.29, 1.82) is 0 Å². The van der Waals surface area contributed by atoms with Crippen molar-refractivity contribution in [3.63, 3.8) is 0 Å². The highest BCUT2D eigenvalue weighted by atomic mass is 35.5. The number of halogens is 1. The molecular formula is C26H22ClN5O5S. The lowest BCUT2D eigenvalue weighted by Gasteiger charge is -2.28. The quantitative estimate of drug-likeness (QED) is 0.192. The molecule has 38 heavy (non-hydrogen) atoms. The SMILES string of the molecule is Cc1ccc2nc(-c3ccc(Cl)c(NC(=S)NC(=O)c4ccc(N5CCOCC5)c([N+](=O)[O-])c4)c3)oc2c1. The van der Waals surface area contributed by atoms with Crippen LogP contribution >= 0.6 is 23.8 Å². The molecular weight excluding hydrogens is 530 g/mol. The van der Waals surface area contributed by atoms with Crippen molar-refractivity contribution in [2.24, 2.45) is 0 Å². The van der Waals surface area contributed by atoms with Crippen molar-refractivity contribution in [1.82, 2.24) is 10.3 Å². The summed E-state index contributed by atoms with van der Waals surface area (Å²) in [6.07, 6.45) is 0. The van der Waals surface area contributed by atoms with Crippen molar-refractivity contribution >= 4 is 63.0 Å². The Kier molecular flexibility index (Phi) is 7.23. The molecule has 0 unspecified atom stereocenters. The molecule has 2 N–H and O–H groups in total. The molecule has 1 aliphatic heterocycles. The molecule has 0 atom stereocenters. The van der Waals surface area contributed by atoms with Crippen LogP contribution < -0.4 is 15.5 Å². The van der Waals surface area contributed by atoms with E-state index >= 15 is 0 Å². The summed E-state index contributed by atoms with van der Waals surface area (Å²) in [5.41, 5.74) is 3.92. The first-order valence-corrected chi connectivity index (χ1v) is 12.5. The van der Waals surface area contributed by atoms with Crippen LogP contribution in [0.2, 0.25) is 5.02 Å². The number of thiocarbonyl (C=S) groups is 1. The van der Waals surface area contributed by atoms with Gasteiger partial charge in [-0.2, -0.15) is 0 Å². The number of nitro benzene ring substituents is 1. The van der Waals surface area contributed by atoms with Gasteiger partial charge in [0, 0.05) is 30.3 Å². The zero-order chi connectivity index (χ0) is 26.8. The van der Waals surface area contributed by atoms with Crippen LogP contribution in [-0.2, 0) is 4.74 Å². The number of anilines is 2. The average Bonchev–Trinajstić information content (AvgIpc) is 3.33. The number of aromatic nitrogens is 1. The number of nitrogens with one attached hydrogen (secondary N) is 2. The van der Waals surface area contributed by atoms with Gasteiger partial charge in [0.2, 0.25) is 5.89 Å². The van der Waals surface area contributed by atoms with E-state index in [4.69, 9.17) is 33.0 Å². The number of nitrogens with zero attached hydrogens (tertiary/aromatic N) is 3. The summed E-state index contributed by atoms with van der Waals surface area (Å²) in [4.78, 5) is 30.4. The van der Waals surface area contributed by atoms with Crippen molar-refractivity contribution in [2.45, 2.75) is 6.92 Å². The lowest BCUT2D eigenvalue weighted by molar-refractivity contribution is -0.384. The molecule has 4 aromatic rings. The standard InChI is InChI=1S/C26H22ClN5O5S/c1-15-2-6-19-23(12-15)37-25(28-19)17-3-5-18(27)20(13-17)29-26(38)30-24(33)16-4-7-21(22(14-16)32(34)35)31-8-10-36-11-9-31/h2-7,12-14H,8-11H2,1H3,(H2,29,30,33,38). The zero-order valence-corrected chi connectivity index (χ0v) is 21.8. The van der Waals surface area contributed by atoms with E-state index in [1.54, 1.807) is 24.3 Å². The Morgan fingerprint density at radius 3 is 2.68 bits per heavy atom. The minimum Gasteiger partial charge on any atom is -0.436 e. The number of rotatable bonds is 5. The number of carbonyl (C=O) groups is 1. The van der Waals surface area contributed by atoms with E-state index in [-0.39, 0.29) is 16.4 Å². The molecule has 12 heteroatoms. The molecule has 0 bridgehead atoms. The monoisotopic (exact) mass is 551 g/mol. The molecule has 0 radical (unpaired) electrons. The Hall–Kier alpha value is -4.06. The van der Waals surface area contributed by atoms with Gasteiger partial charge in [-0.1, -0.05) is 17.7 Å². The minimum absolute atomic E-state index is 0.0258. The van der Waals surface area contributed by atoms with Gasteiger partial charge in [-0.05, 0) is 67.2 Å². The number of amides is 1. The van der Waals surface area contributed by atoms with Crippen LogP contribution in [0.1, 0.15) is 15.9 Å². The first kappa shape index (κ1) is 25.6. The van der Waals surface area contributed by atoms with Crippen molar-refractivity contribution in [2.75, 3.05) is 36.5 Å². The van der Waals surface area contributed by atoms with Gasteiger partial charge in [-0.15, -0.1) is 0 Å². The molecule has 1 amide bonds. The Bertz CT molecular complexity index is 1570. The summed E-state index contributed by atoms with van der Waals surface area (Å²) in [7, 11) is 0. The topological polar surface area (TPSA) is 123 Å². The first-order valence-electron chi connectivity index (χ1n) is 11.7. The molecule has 0 saturated carbocycles. The van der Waals surface area contributed by atoms with Crippen molar-refractivity contribution in [3.8, 4) is 11.5 Å². The molecule has 1 aliphatic rings. The van der Waals surface area contributed by atoms with Crippen LogP contribution in [0.4, 0.5) is 17.1 Å². The number of hydrogen-bond donors (Lipinski definition) is 2. The van der Waals surface area contributed by atoms with Gasteiger partial charge >= 0.3 is 0 Å². The molecule has 1 aromatic heterocycles. The second kappa shape index (κ2) is 10.7. The summed E-state index contributed by atoms with van der Waals surface area (Å²) in [5, 5.41) is 17.5. The van der Waals surface area contributed by atoms with Crippen molar-refractivity contribution in [3.05, 3.63) is 80.9 Å². The van der Waals surface area contributed by atoms with Crippen molar-refractivity contribution < 1.29 is 18.9 Å². The Balaban J connectivity index is 1.31. The summed E-state index contributed by atoms with van der Waals surface area (Å²) in [5.74, 6) is -0.186. The Labute approximate surface area is 227 Å². The van der Waals surface area contributed by atoms with E-state index in [9.17, 15) is 14.9 Å². The van der Waals surface area contributed by atoms with Crippen LogP contribution in [0.25, 0.3) is 22.6 Å². The summed E-state index contributed by atoms with van der Waals surface area (Å²) in [6.45, 7) is 4.00. The number of carbonyl (C=O) groups excluding carboxylic acids is 1. The minimum atomic E-state index is -0.597. The van der Waals surface area contributed by atoms with Gasteiger partial charge in [0.05, 0.1) is 28.8 Å². The molecule has 1 saturated heterocycles. The smallest absolute Gasteiger partial charge is 0.293 e. The number of fused-ring (bicyclic) bond motifs is 1. The third-order valence-corrected chi connectivity index (χ3v) is 6.55. The van der Waals surface area contributed by atoms with E-state index in [0.29, 0.717) is 59.7 Å². The normalized spacial score (nSPS) is 13.4. The number of morpholine rings is 1. The summed E-state index contributed by atoms with van der Waals surface area (Å²) >= 11 is 11.7. The highest BCUT2D eigenvalue weighted by Crippen LogP contribution is 2.32. The van der Waals surface area contributed by atoms with Crippen LogP contribution in [0.15, 0.2) is 59.0 Å². The molecule has 0 aliphatic carbocycles. The second-order valence-electron chi connectivity index (χ2n) is 8.65. The Morgan fingerprint density at radius 2 is 1.92 bits per heavy atom. The zero-order valence-electron chi connectivity index (χ0n) is 20.2. The average molecular weight is 552 g/mol. The van der Waals surface area contributed by atoms with Gasteiger partial charge in [0.1, 0.15) is 11.2 Å². The van der Waals surface area contributed by atoms with Gasteiger partial charge in [-0.25, -0.2) is 4.98 Å². The maximum atomic E-state index is 12.9. The van der Waals surface area contributed by atoms with Crippen LogP contribution in [0.3, 0.4) is 0 Å². The van der Waals surface area contributed by atoms with Crippen LogP contribution in [0, 0.1) is 17.0 Å². The Morgan fingerprint density at radius 1 is 1.13 bits per heavy atom. The number of ether oxygens (including phenoxy) is 1. The van der Waals surface area contributed by atoms with Gasteiger partial charge < -0.3 is 19.4 Å². The second-order valence-corrected chi connectivity index (χ2v) is 9.47. The lowest BCUT2D eigenvalue weighted by atomic mass is 10.1. The fraction of sp³-hybridized carbons (Fsp3) is 0.192. The number of benzene rings is 3. The number of hydrogen-bond acceptors (Lipinski definition) is 8. The molecule has 1 fully saturated rings. The van der Waals surface area contributed by atoms with Crippen LogP contribution in [-0.4, -0.2) is 47.2 Å². The van der Waals surface area contributed by atoms with E-state index in [2.05, 4.69) is 15.6 Å². The van der Waals surface area contributed by atoms with Crippen LogP contribution in [0.5, 0.6) is 0 Å². The third kappa shape index (κ3) is 5.44. The van der Waals surface area contributed by atoms with Gasteiger partial charge in [0.25, 0.3) is 11.6 Å². The molecule has 10 nitrogen and oxygen atoms in total. The summed E-state index contributed by atoms with van der Waals surface area (Å²) < 4.78 is 11.2. The molecule has 2 heterocycles. The highest BCUT2D eigenvalue weighted by molar-refractivity contribution is 7.80. The number of oxazole rings is 1. The maximum Gasteiger partial charge on any atom is 0.293 e. The highest BCUT2D eigenvalue weighted by Gasteiger charge is 2.24. The predicted octanol–water partition coefficient (Wildman–Crippen LogP) is 5.33. The van der Waals surface area contributed by atoms with E-state index < -0.39 is 10.8 Å². The lowest BCUT2D eigenvalue weighted by Crippen LogP contribution is -2.37. The largest absolute Gasteiger partial charge is 0.436 e. The van der Waals surface area contributed by atoms with E-state index in [1.807, 2.05) is 30.0 Å². The van der Waals surface area contributed by atoms with Gasteiger partial charge in [0.15, 0.2) is 10.7 Å². The molecule has 3 aromatic carbocycles. The fourth-order valence-electron chi connectivity index (χ4n) is 4.12. The molecule has 194 valence electrons. The summed E-state index contributed by atoms with van der Waals surface area (Å²) in [6, 6.07) is 15.2. The number of aryl methyl sites for hydroxylation is 1. The predicted molar refractivity (Wildman–Crippen MR) is 149 cm³/mol. The van der Waals surface area contributed by atoms with E-state index in [1.165, 1.54) is 12.1 Å². The third-order valence-electron chi connectivity index (χ3n) is 6.02.